The molecule has 0 aliphatic carbocycles. The predicted octanol–water partition coefficient (Wildman–Crippen LogP) is 5.72. The number of alkyl halides is 3. The van der Waals surface area contributed by atoms with E-state index in [2.05, 4.69) is 25.5 Å². The number of rotatable bonds is 8. The SMILES string of the molecule is Cc1cc(C)nc(SCc2nnc(SCC(=O)Nc3ccccc3C(F)(F)F)n2-c2ccccc2)n1. The summed E-state index contributed by atoms with van der Waals surface area (Å²) in [4.78, 5) is 21.4. The monoisotopic (exact) mass is 530 g/mol. The molecule has 0 aliphatic rings. The van der Waals surface area contributed by atoms with Gasteiger partial charge in [-0.25, -0.2) is 9.97 Å². The van der Waals surface area contributed by atoms with Crippen molar-refractivity contribution in [3.8, 4) is 5.69 Å². The summed E-state index contributed by atoms with van der Waals surface area (Å²) in [5.41, 5.74) is 1.34. The maximum Gasteiger partial charge on any atom is 0.418 e. The van der Waals surface area contributed by atoms with Crippen molar-refractivity contribution in [2.24, 2.45) is 0 Å². The highest BCUT2D eigenvalue weighted by molar-refractivity contribution is 7.99. The van der Waals surface area contributed by atoms with Crippen molar-refractivity contribution in [3.63, 3.8) is 0 Å². The van der Waals surface area contributed by atoms with Crippen molar-refractivity contribution < 1.29 is 18.0 Å². The zero-order chi connectivity index (χ0) is 25.7. The Labute approximate surface area is 214 Å². The number of nitrogens with one attached hydrogen (secondary N) is 1. The number of thioether (sulfide) groups is 2. The average Bonchev–Trinajstić information content (AvgIpc) is 3.24. The normalized spacial score (nSPS) is 11.5. The molecule has 2 heterocycles. The predicted molar refractivity (Wildman–Crippen MR) is 133 cm³/mol. The first kappa shape index (κ1) is 25.7. The molecule has 4 rings (SSSR count). The Morgan fingerprint density at radius 3 is 2.31 bits per heavy atom. The Balaban J connectivity index is 1.51. The summed E-state index contributed by atoms with van der Waals surface area (Å²) in [6.45, 7) is 3.80. The van der Waals surface area contributed by atoms with Gasteiger partial charge in [0.25, 0.3) is 0 Å². The van der Waals surface area contributed by atoms with Crippen molar-refractivity contribution in [2.45, 2.75) is 36.1 Å². The van der Waals surface area contributed by atoms with Gasteiger partial charge < -0.3 is 5.32 Å². The van der Waals surface area contributed by atoms with Crippen LogP contribution in [-0.4, -0.2) is 36.4 Å². The van der Waals surface area contributed by atoms with E-state index in [1.165, 1.54) is 30.0 Å². The fourth-order valence-electron chi connectivity index (χ4n) is 3.37. The second-order valence-electron chi connectivity index (χ2n) is 7.67. The van der Waals surface area contributed by atoms with Crippen molar-refractivity contribution in [3.05, 3.63) is 83.4 Å². The van der Waals surface area contributed by atoms with Crippen LogP contribution in [0.15, 0.2) is 71.0 Å². The van der Waals surface area contributed by atoms with Crippen LogP contribution >= 0.6 is 23.5 Å². The molecule has 2 aromatic carbocycles. The number of anilines is 1. The lowest BCUT2D eigenvalue weighted by molar-refractivity contribution is -0.137. The maximum atomic E-state index is 13.2. The Kier molecular flexibility index (Phi) is 7.94. The summed E-state index contributed by atoms with van der Waals surface area (Å²) < 4.78 is 41.5. The van der Waals surface area contributed by atoms with Crippen LogP contribution in [-0.2, 0) is 16.7 Å². The highest BCUT2D eigenvalue weighted by Crippen LogP contribution is 2.34. The van der Waals surface area contributed by atoms with E-state index in [-0.39, 0.29) is 11.4 Å². The molecular formula is C24H21F3N6OS2. The zero-order valence-electron chi connectivity index (χ0n) is 19.3. The molecule has 1 N–H and O–H groups in total. The minimum absolute atomic E-state index is 0.148. The van der Waals surface area contributed by atoms with Gasteiger partial charge in [-0.3, -0.25) is 9.36 Å². The molecule has 0 atom stereocenters. The molecule has 0 saturated heterocycles. The van der Waals surface area contributed by atoms with Gasteiger partial charge in [-0.15, -0.1) is 10.2 Å². The van der Waals surface area contributed by atoms with E-state index in [4.69, 9.17) is 0 Å². The maximum absolute atomic E-state index is 13.2. The van der Waals surface area contributed by atoms with Gasteiger partial charge in [-0.05, 0) is 44.2 Å². The fourth-order valence-corrected chi connectivity index (χ4v) is 5.00. The van der Waals surface area contributed by atoms with E-state index in [1.807, 2.05) is 54.8 Å². The molecule has 0 spiro atoms. The molecule has 36 heavy (non-hydrogen) atoms. The van der Waals surface area contributed by atoms with Gasteiger partial charge in [0, 0.05) is 17.1 Å². The van der Waals surface area contributed by atoms with Crippen LogP contribution in [0.5, 0.6) is 0 Å². The quantitative estimate of drug-likeness (QED) is 0.230. The van der Waals surface area contributed by atoms with E-state index in [9.17, 15) is 18.0 Å². The fraction of sp³-hybridized carbons (Fsp3) is 0.208. The smallest absolute Gasteiger partial charge is 0.325 e. The second-order valence-corrected chi connectivity index (χ2v) is 9.56. The number of benzene rings is 2. The molecule has 2 aromatic heterocycles. The number of aromatic nitrogens is 5. The van der Waals surface area contributed by atoms with E-state index in [1.54, 1.807) is 0 Å². The molecule has 0 bridgehead atoms. The van der Waals surface area contributed by atoms with Crippen LogP contribution in [0.25, 0.3) is 5.69 Å². The molecule has 0 fully saturated rings. The Bertz CT molecular complexity index is 1340. The number of halogens is 3. The first-order valence-corrected chi connectivity index (χ1v) is 12.7. The number of amides is 1. The summed E-state index contributed by atoms with van der Waals surface area (Å²) >= 11 is 2.50. The molecule has 0 aliphatic heterocycles. The van der Waals surface area contributed by atoms with Gasteiger partial charge in [0.1, 0.15) is 5.82 Å². The van der Waals surface area contributed by atoms with E-state index in [0.717, 1.165) is 34.9 Å². The lowest BCUT2D eigenvalue weighted by atomic mass is 10.1. The zero-order valence-corrected chi connectivity index (χ0v) is 20.9. The Morgan fingerprint density at radius 2 is 1.61 bits per heavy atom. The van der Waals surface area contributed by atoms with E-state index >= 15 is 0 Å². The molecule has 1 amide bonds. The average molecular weight is 531 g/mol. The molecular weight excluding hydrogens is 509 g/mol. The third-order valence-corrected chi connectivity index (χ3v) is 6.62. The molecule has 7 nitrogen and oxygen atoms in total. The Hall–Kier alpha value is -3.38. The van der Waals surface area contributed by atoms with Crippen LogP contribution in [0, 0.1) is 13.8 Å². The summed E-state index contributed by atoms with van der Waals surface area (Å²) in [5.74, 6) is 0.319. The first-order chi connectivity index (χ1) is 17.2. The van der Waals surface area contributed by atoms with Crippen LogP contribution < -0.4 is 5.32 Å². The van der Waals surface area contributed by atoms with Crippen LogP contribution in [0.1, 0.15) is 22.8 Å². The van der Waals surface area contributed by atoms with Crippen LogP contribution in [0.3, 0.4) is 0 Å². The number of hydrogen-bond donors (Lipinski definition) is 1. The lowest BCUT2D eigenvalue weighted by Gasteiger charge is -2.13. The summed E-state index contributed by atoms with van der Waals surface area (Å²) in [6.07, 6.45) is -4.57. The largest absolute Gasteiger partial charge is 0.418 e. The van der Waals surface area contributed by atoms with E-state index < -0.39 is 17.6 Å². The molecule has 0 radical (unpaired) electrons. The van der Waals surface area contributed by atoms with Gasteiger partial charge in [0.2, 0.25) is 5.91 Å². The number of aryl methyl sites for hydroxylation is 2. The number of hydrogen-bond acceptors (Lipinski definition) is 7. The van der Waals surface area contributed by atoms with Crippen LogP contribution in [0.2, 0.25) is 0 Å². The summed E-state index contributed by atoms with van der Waals surface area (Å²) in [5, 5.41) is 11.9. The summed E-state index contributed by atoms with van der Waals surface area (Å²) in [6, 6.07) is 16.1. The standard InChI is InChI=1S/C24H21F3N6OS2/c1-15-12-16(2)29-22(28-15)35-13-20-31-32-23(33(20)17-8-4-3-5-9-17)36-14-21(34)30-19-11-7-6-10-18(19)24(25,26)27/h3-12H,13-14H2,1-2H3,(H,30,34). The van der Waals surface area contributed by atoms with Crippen LogP contribution in [0.4, 0.5) is 18.9 Å². The summed E-state index contributed by atoms with van der Waals surface area (Å²) in [7, 11) is 0. The third kappa shape index (κ3) is 6.43. The van der Waals surface area contributed by atoms with Gasteiger partial charge >= 0.3 is 6.18 Å². The lowest BCUT2D eigenvalue weighted by Crippen LogP contribution is -2.18. The molecule has 186 valence electrons. The number of para-hydroxylation sites is 2. The van der Waals surface area contributed by atoms with Crippen molar-refractivity contribution in [1.82, 2.24) is 24.7 Å². The number of nitrogens with zero attached hydrogens (tertiary/aromatic N) is 5. The molecule has 0 unspecified atom stereocenters. The number of carbonyl (C=O) groups is 1. The second kappa shape index (κ2) is 11.1. The third-order valence-electron chi connectivity index (χ3n) is 4.85. The molecule has 0 saturated carbocycles. The van der Waals surface area contributed by atoms with E-state index in [0.29, 0.717) is 21.9 Å². The van der Waals surface area contributed by atoms with Gasteiger partial charge in [-0.1, -0.05) is 53.9 Å². The highest BCUT2D eigenvalue weighted by atomic mass is 32.2. The number of carbonyl (C=O) groups excluding carboxylic acids is 1. The van der Waals surface area contributed by atoms with Crippen molar-refractivity contribution >= 4 is 35.1 Å². The van der Waals surface area contributed by atoms with Gasteiger partial charge in [-0.2, -0.15) is 13.2 Å². The van der Waals surface area contributed by atoms with Gasteiger partial charge in [0.15, 0.2) is 10.3 Å². The minimum Gasteiger partial charge on any atom is -0.325 e. The topological polar surface area (TPSA) is 85.6 Å². The molecule has 12 heteroatoms. The first-order valence-electron chi connectivity index (χ1n) is 10.7. The minimum atomic E-state index is -4.57. The van der Waals surface area contributed by atoms with Crippen molar-refractivity contribution in [2.75, 3.05) is 11.1 Å². The van der Waals surface area contributed by atoms with Crippen molar-refractivity contribution in [1.29, 1.82) is 0 Å². The highest BCUT2D eigenvalue weighted by Gasteiger charge is 2.33. The van der Waals surface area contributed by atoms with Gasteiger partial charge in [0.05, 0.1) is 22.8 Å². The molecule has 4 aromatic rings. The Morgan fingerprint density at radius 1 is 0.944 bits per heavy atom.